The van der Waals surface area contributed by atoms with Crippen molar-refractivity contribution in [2.45, 2.75) is 20.5 Å². The van der Waals surface area contributed by atoms with E-state index in [1.807, 2.05) is 23.9 Å². The standard InChI is InChI=1S/C12H12N2S2/c13-7-3-1-2-6(9(7)14)12-5-4-8-10(15-8)11(12)16-12/h1-5,8,10-11H,13-14H2. The SMILES string of the molecule is Nc1cccc(C23C=CC4SC4C2S3)c1N. The number of anilines is 2. The number of nitrogen functional groups attached to an aromatic ring is 2. The van der Waals surface area contributed by atoms with E-state index in [-0.39, 0.29) is 4.75 Å². The van der Waals surface area contributed by atoms with E-state index in [2.05, 4.69) is 30.0 Å². The van der Waals surface area contributed by atoms with Gasteiger partial charge in [-0.3, -0.25) is 0 Å². The van der Waals surface area contributed by atoms with Crippen LogP contribution in [0.5, 0.6) is 0 Å². The Hall–Kier alpha value is -0.740. The molecule has 0 bridgehead atoms. The molecule has 0 amide bonds. The first-order valence-electron chi connectivity index (χ1n) is 5.39. The van der Waals surface area contributed by atoms with E-state index >= 15 is 0 Å². The van der Waals surface area contributed by atoms with Gasteiger partial charge in [0, 0.05) is 15.7 Å². The molecule has 4 heteroatoms. The van der Waals surface area contributed by atoms with Crippen LogP contribution in [0.2, 0.25) is 0 Å². The van der Waals surface area contributed by atoms with E-state index in [0.29, 0.717) is 5.69 Å². The Morgan fingerprint density at radius 3 is 3.00 bits per heavy atom. The highest BCUT2D eigenvalue weighted by molar-refractivity contribution is 8.13. The van der Waals surface area contributed by atoms with Crippen LogP contribution in [0.4, 0.5) is 11.4 Å². The molecule has 0 radical (unpaired) electrons. The fourth-order valence-electron chi connectivity index (χ4n) is 2.62. The summed E-state index contributed by atoms with van der Waals surface area (Å²) in [5.74, 6) is 0. The number of para-hydroxylation sites is 1. The number of hydrogen-bond donors (Lipinski definition) is 2. The fraction of sp³-hybridized carbons (Fsp3) is 0.333. The normalized spacial score (nSPS) is 42.4. The fourth-order valence-corrected chi connectivity index (χ4v) is 5.69. The Kier molecular flexibility index (Phi) is 1.59. The van der Waals surface area contributed by atoms with Crippen molar-refractivity contribution in [3.8, 4) is 0 Å². The van der Waals surface area contributed by atoms with E-state index in [4.69, 9.17) is 11.5 Å². The Labute approximate surface area is 103 Å². The molecule has 4 N–H and O–H groups in total. The second kappa shape index (κ2) is 2.74. The molecular formula is C12H12N2S2. The summed E-state index contributed by atoms with van der Waals surface area (Å²) in [7, 11) is 0. The molecule has 2 aliphatic heterocycles. The minimum Gasteiger partial charge on any atom is -0.397 e. The predicted molar refractivity (Wildman–Crippen MR) is 72.6 cm³/mol. The van der Waals surface area contributed by atoms with Crippen LogP contribution in [0, 0.1) is 0 Å². The number of thioether (sulfide) groups is 2. The van der Waals surface area contributed by atoms with Crippen LogP contribution < -0.4 is 11.5 Å². The third kappa shape index (κ3) is 1.02. The zero-order valence-corrected chi connectivity index (χ0v) is 10.2. The summed E-state index contributed by atoms with van der Waals surface area (Å²) in [4.78, 5) is 0. The largest absolute Gasteiger partial charge is 0.397 e. The van der Waals surface area contributed by atoms with Crippen molar-refractivity contribution in [2.75, 3.05) is 11.5 Å². The second-order valence-electron chi connectivity index (χ2n) is 4.56. The molecule has 4 atom stereocenters. The summed E-state index contributed by atoms with van der Waals surface area (Å²) in [6.07, 6.45) is 4.68. The third-order valence-corrected chi connectivity index (χ3v) is 6.81. The van der Waals surface area contributed by atoms with Crippen LogP contribution in [0.3, 0.4) is 0 Å². The van der Waals surface area contributed by atoms with Crippen molar-refractivity contribution in [1.82, 2.24) is 0 Å². The molecule has 2 heterocycles. The molecule has 4 rings (SSSR count). The van der Waals surface area contributed by atoms with Crippen molar-refractivity contribution >= 4 is 34.9 Å². The predicted octanol–water partition coefficient (Wildman–Crippen LogP) is 2.22. The maximum atomic E-state index is 6.11. The molecule has 2 saturated heterocycles. The van der Waals surface area contributed by atoms with Gasteiger partial charge in [-0.05, 0) is 11.6 Å². The second-order valence-corrected chi connectivity index (χ2v) is 7.34. The van der Waals surface area contributed by atoms with Gasteiger partial charge in [-0.25, -0.2) is 0 Å². The average Bonchev–Trinajstić information content (AvgIpc) is 3.12. The molecular weight excluding hydrogens is 236 g/mol. The summed E-state index contributed by atoms with van der Waals surface area (Å²) < 4.78 is 0.143. The van der Waals surface area contributed by atoms with E-state index < -0.39 is 0 Å². The molecule has 2 fully saturated rings. The van der Waals surface area contributed by atoms with Crippen molar-refractivity contribution in [3.63, 3.8) is 0 Å². The first-order valence-corrected chi connectivity index (χ1v) is 7.22. The van der Waals surface area contributed by atoms with Gasteiger partial charge in [0.25, 0.3) is 0 Å². The lowest BCUT2D eigenvalue weighted by molar-refractivity contribution is 0.780. The van der Waals surface area contributed by atoms with Gasteiger partial charge in [-0.1, -0.05) is 24.3 Å². The lowest BCUT2D eigenvalue weighted by Gasteiger charge is -2.17. The van der Waals surface area contributed by atoms with Gasteiger partial charge in [0.15, 0.2) is 0 Å². The molecule has 1 aliphatic carbocycles. The molecule has 16 heavy (non-hydrogen) atoms. The smallest absolute Gasteiger partial charge is 0.0743 e. The van der Waals surface area contributed by atoms with Gasteiger partial charge in [0.1, 0.15) is 0 Å². The lowest BCUT2D eigenvalue weighted by atomic mass is 9.88. The van der Waals surface area contributed by atoms with Crippen molar-refractivity contribution in [2.24, 2.45) is 0 Å². The van der Waals surface area contributed by atoms with Crippen molar-refractivity contribution in [1.29, 1.82) is 0 Å². The maximum absolute atomic E-state index is 6.11. The molecule has 1 aromatic carbocycles. The van der Waals surface area contributed by atoms with Crippen LogP contribution in [-0.4, -0.2) is 15.7 Å². The third-order valence-electron chi connectivity index (χ3n) is 3.64. The molecule has 0 saturated carbocycles. The molecule has 3 aliphatic rings. The Bertz CT molecular complexity index is 514. The van der Waals surface area contributed by atoms with Gasteiger partial charge in [-0.15, -0.1) is 23.5 Å². The highest BCUT2D eigenvalue weighted by atomic mass is 32.2. The summed E-state index contributed by atoms with van der Waals surface area (Å²) in [6.45, 7) is 0. The minimum absolute atomic E-state index is 0.143. The highest BCUT2D eigenvalue weighted by Gasteiger charge is 2.67. The first-order chi connectivity index (χ1) is 7.72. The molecule has 82 valence electrons. The molecule has 4 unspecified atom stereocenters. The number of fused-ring (bicyclic) bond motifs is 3. The number of benzene rings is 1. The zero-order chi connectivity index (χ0) is 10.9. The summed E-state index contributed by atoms with van der Waals surface area (Å²) >= 11 is 4.10. The monoisotopic (exact) mass is 248 g/mol. The lowest BCUT2D eigenvalue weighted by Crippen LogP contribution is -2.20. The van der Waals surface area contributed by atoms with Gasteiger partial charge in [-0.2, -0.15) is 0 Å². The quantitative estimate of drug-likeness (QED) is 0.454. The van der Waals surface area contributed by atoms with Crippen LogP contribution in [0.15, 0.2) is 30.4 Å². The summed E-state index contributed by atoms with van der Waals surface area (Å²) in [5.41, 5.74) is 14.7. The maximum Gasteiger partial charge on any atom is 0.0743 e. The molecule has 0 aromatic heterocycles. The Morgan fingerprint density at radius 2 is 2.12 bits per heavy atom. The van der Waals surface area contributed by atoms with E-state index in [0.717, 1.165) is 21.4 Å². The van der Waals surface area contributed by atoms with E-state index in [1.165, 1.54) is 5.56 Å². The first kappa shape index (κ1) is 9.31. The zero-order valence-electron chi connectivity index (χ0n) is 8.59. The summed E-state index contributed by atoms with van der Waals surface area (Å²) in [5, 5.41) is 2.31. The Morgan fingerprint density at radius 1 is 1.25 bits per heavy atom. The number of nitrogens with two attached hydrogens (primary N) is 2. The van der Waals surface area contributed by atoms with Crippen LogP contribution >= 0.6 is 23.5 Å². The minimum atomic E-state index is 0.143. The molecule has 2 nitrogen and oxygen atoms in total. The van der Waals surface area contributed by atoms with Gasteiger partial charge in [0.2, 0.25) is 0 Å². The molecule has 1 aromatic rings. The van der Waals surface area contributed by atoms with Gasteiger partial charge in [0.05, 0.1) is 16.1 Å². The Balaban J connectivity index is 1.84. The van der Waals surface area contributed by atoms with Gasteiger partial charge >= 0.3 is 0 Å². The van der Waals surface area contributed by atoms with Crippen LogP contribution in [-0.2, 0) is 4.75 Å². The van der Waals surface area contributed by atoms with E-state index in [9.17, 15) is 0 Å². The van der Waals surface area contributed by atoms with Crippen molar-refractivity contribution in [3.05, 3.63) is 35.9 Å². The van der Waals surface area contributed by atoms with E-state index in [1.54, 1.807) is 0 Å². The summed E-state index contributed by atoms with van der Waals surface area (Å²) in [6, 6.07) is 6.00. The average molecular weight is 248 g/mol. The van der Waals surface area contributed by atoms with Crippen LogP contribution in [0.1, 0.15) is 5.56 Å². The topological polar surface area (TPSA) is 52.0 Å². The number of rotatable bonds is 1. The van der Waals surface area contributed by atoms with Crippen LogP contribution in [0.25, 0.3) is 0 Å². The van der Waals surface area contributed by atoms with Gasteiger partial charge < -0.3 is 11.5 Å². The van der Waals surface area contributed by atoms with Crippen molar-refractivity contribution < 1.29 is 0 Å². The number of hydrogen-bond acceptors (Lipinski definition) is 4. The highest BCUT2D eigenvalue weighted by Crippen LogP contribution is 2.74. The molecule has 0 spiro atoms.